The van der Waals surface area contributed by atoms with Gasteiger partial charge in [-0.25, -0.2) is 0 Å². The van der Waals surface area contributed by atoms with E-state index in [0.29, 0.717) is 5.66 Å². The molecule has 0 radical (unpaired) electrons. The molecule has 0 aromatic rings. The lowest BCUT2D eigenvalue weighted by atomic mass is 9.79. The Bertz CT molecular complexity index is 270. The van der Waals surface area contributed by atoms with Gasteiger partial charge in [0.05, 0.1) is 5.66 Å². The first-order chi connectivity index (χ1) is 7.36. The van der Waals surface area contributed by atoms with Crippen molar-refractivity contribution in [2.24, 2.45) is 5.92 Å². The molecular weight excluding hydrogens is 186 g/mol. The molecule has 4 rings (SSSR count). The van der Waals surface area contributed by atoms with Crippen molar-refractivity contribution < 1.29 is 0 Å². The van der Waals surface area contributed by atoms with Crippen molar-refractivity contribution in [3.63, 3.8) is 0 Å². The lowest BCUT2D eigenvalue weighted by Crippen LogP contribution is -2.60. The predicted molar refractivity (Wildman–Crippen MR) is 59.6 cm³/mol. The monoisotopic (exact) mass is 207 g/mol. The van der Waals surface area contributed by atoms with E-state index in [1.807, 2.05) is 0 Å². The first-order valence-corrected chi connectivity index (χ1v) is 6.64. The molecule has 4 fully saturated rings. The molecule has 3 heteroatoms. The number of fused-ring (bicyclic) bond motifs is 4. The largest absolute Gasteiger partial charge is 0.311 e. The lowest BCUT2D eigenvalue weighted by Gasteiger charge is -2.42. The smallest absolute Gasteiger partial charge is 0.0734 e. The second kappa shape index (κ2) is 2.96. The molecule has 4 saturated heterocycles. The summed E-state index contributed by atoms with van der Waals surface area (Å²) >= 11 is 0. The molecule has 0 saturated carbocycles. The Kier molecular flexibility index (Phi) is 1.77. The van der Waals surface area contributed by atoms with Gasteiger partial charge in [-0.05, 0) is 38.5 Å². The van der Waals surface area contributed by atoms with Gasteiger partial charge < -0.3 is 5.32 Å². The average Bonchev–Trinajstić information content (AvgIpc) is 2.95. The van der Waals surface area contributed by atoms with Crippen LogP contribution in [0.5, 0.6) is 0 Å². The summed E-state index contributed by atoms with van der Waals surface area (Å²) in [5, 5.41) is 11.4. The zero-order valence-corrected chi connectivity index (χ0v) is 9.26. The summed E-state index contributed by atoms with van der Waals surface area (Å²) in [5.41, 5.74) is 0.317. The van der Waals surface area contributed by atoms with Crippen molar-refractivity contribution in [3.05, 3.63) is 0 Å². The van der Waals surface area contributed by atoms with Crippen molar-refractivity contribution in [3.8, 4) is 0 Å². The van der Waals surface area contributed by atoms with E-state index >= 15 is 0 Å². The summed E-state index contributed by atoms with van der Waals surface area (Å²) in [6.07, 6.45) is 8.39. The van der Waals surface area contributed by atoms with Crippen LogP contribution in [-0.4, -0.2) is 30.3 Å². The van der Waals surface area contributed by atoms with Crippen LogP contribution < -0.4 is 16.0 Å². The molecule has 0 spiro atoms. The molecule has 0 aliphatic carbocycles. The second-order valence-electron chi connectivity index (χ2n) is 5.96. The van der Waals surface area contributed by atoms with Gasteiger partial charge in [0, 0.05) is 30.6 Å². The summed E-state index contributed by atoms with van der Waals surface area (Å²) in [6, 6.07) is 2.41. The highest BCUT2D eigenvalue weighted by Gasteiger charge is 2.53. The van der Waals surface area contributed by atoms with E-state index in [9.17, 15) is 0 Å². The molecule has 15 heavy (non-hydrogen) atoms. The van der Waals surface area contributed by atoms with Crippen LogP contribution in [0.1, 0.15) is 38.5 Å². The highest BCUT2D eigenvalue weighted by Crippen LogP contribution is 2.42. The van der Waals surface area contributed by atoms with E-state index < -0.39 is 0 Å². The van der Waals surface area contributed by atoms with Gasteiger partial charge in [-0.2, -0.15) is 0 Å². The normalized spacial score (nSPS) is 57.6. The van der Waals surface area contributed by atoms with Crippen LogP contribution in [0.25, 0.3) is 0 Å². The molecule has 0 amide bonds. The minimum atomic E-state index is 0.317. The van der Waals surface area contributed by atoms with E-state index in [-0.39, 0.29) is 0 Å². The zero-order valence-electron chi connectivity index (χ0n) is 9.26. The van der Waals surface area contributed by atoms with E-state index in [0.717, 1.165) is 24.0 Å². The van der Waals surface area contributed by atoms with Crippen LogP contribution in [-0.2, 0) is 0 Å². The van der Waals surface area contributed by atoms with Gasteiger partial charge in [-0.15, -0.1) is 0 Å². The third-order valence-corrected chi connectivity index (χ3v) is 5.23. The topological polar surface area (TPSA) is 36.1 Å². The Morgan fingerprint density at radius 2 is 1.87 bits per heavy atom. The van der Waals surface area contributed by atoms with Crippen molar-refractivity contribution in [1.29, 1.82) is 0 Å². The maximum Gasteiger partial charge on any atom is 0.0734 e. The van der Waals surface area contributed by atoms with E-state index in [1.54, 1.807) is 0 Å². The quantitative estimate of drug-likeness (QED) is 0.588. The van der Waals surface area contributed by atoms with Gasteiger partial charge >= 0.3 is 0 Å². The van der Waals surface area contributed by atoms with Crippen molar-refractivity contribution in [2.45, 2.75) is 62.3 Å². The van der Waals surface area contributed by atoms with Gasteiger partial charge in [0.2, 0.25) is 0 Å². The van der Waals surface area contributed by atoms with Crippen LogP contribution in [0, 0.1) is 5.92 Å². The third kappa shape index (κ3) is 1.17. The van der Waals surface area contributed by atoms with Crippen molar-refractivity contribution >= 4 is 0 Å². The zero-order chi connectivity index (χ0) is 9.88. The predicted octanol–water partition coefficient (Wildman–Crippen LogP) is 0.569. The van der Waals surface area contributed by atoms with Crippen LogP contribution in [0.4, 0.5) is 0 Å². The van der Waals surface area contributed by atoms with Gasteiger partial charge in [-0.3, -0.25) is 10.6 Å². The van der Waals surface area contributed by atoms with Gasteiger partial charge in [0.15, 0.2) is 0 Å². The molecule has 0 aromatic heterocycles. The summed E-state index contributed by atoms with van der Waals surface area (Å²) < 4.78 is 0. The van der Waals surface area contributed by atoms with Crippen LogP contribution in [0.2, 0.25) is 0 Å². The number of hydrogen-bond acceptors (Lipinski definition) is 3. The molecule has 84 valence electrons. The standard InChI is InChI=1S/C12H21N3/c1-3-10(11-4-2-8(1)14-11)12-6-5-9(15-12)7-13-12/h8-11,13-15H,1-7H2. The van der Waals surface area contributed by atoms with Gasteiger partial charge in [0.25, 0.3) is 0 Å². The number of nitrogens with one attached hydrogen (secondary N) is 3. The lowest BCUT2D eigenvalue weighted by molar-refractivity contribution is 0.135. The summed E-state index contributed by atoms with van der Waals surface area (Å²) in [5.74, 6) is 0.837. The summed E-state index contributed by atoms with van der Waals surface area (Å²) in [4.78, 5) is 0. The maximum absolute atomic E-state index is 3.84. The Labute approximate surface area is 91.4 Å². The molecule has 4 aliphatic rings. The van der Waals surface area contributed by atoms with Crippen molar-refractivity contribution in [1.82, 2.24) is 16.0 Å². The Morgan fingerprint density at radius 3 is 2.60 bits per heavy atom. The van der Waals surface area contributed by atoms with E-state index in [4.69, 9.17) is 0 Å². The summed E-state index contributed by atoms with van der Waals surface area (Å²) in [7, 11) is 0. The molecular formula is C12H21N3. The highest BCUT2D eigenvalue weighted by molar-refractivity contribution is 5.11. The maximum atomic E-state index is 3.84. The number of piperidine rings is 2. The molecule has 0 aromatic carbocycles. The van der Waals surface area contributed by atoms with E-state index in [2.05, 4.69) is 16.0 Å². The van der Waals surface area contributed by atoms with Crippen molar-refractivity contribution in [2.75, 3.05) is 6.54 Å². The van der Waals surface area contributed by atoms with Gasteiger partial charge in [0.1, 0.15) is 0 Å². The highest BCUT2D eigenvalue weighted by atomic mass is 15.3. The Hall–Kier alpha value is -0.120. The van der Waals surface area contributed by atoms with Crippen LogP contribution >= 0.6 is 0 Å². The molecule has 3 N–H and O–H groups in total. The number of hydrogen-bond donors (Lipinski definition) is 3. The fourth-order valence-corrected chi connectivity index (χ4v) is 4.50. The average molecular weight is 207 g/mol. The van der Waals surface area contributed by atoms with Crippen LogP contribution in [0.3, 0.4) is 0 Å². The van der Waals surface area contributed by atoms with E-state index in [1.165, 1.54) is 45.1 Å². The van der Waals surface area contributed by atoms with Crippen LogP contribution in [0.15, 0.2) is 0 Å². The second-order valence-corrected chi connectivity index (χ2v) is 5.96. The molecule has 4 bridgehead atoms. The Morgan fingerprint density at radius 1 is 0.933 bits per heavy atom. The SMILES string of the molecule is C1CC2NC1CCC2C12CCC(CN1)N2. The molecule has 3 nitrogen and oxygen atoms in total. The fourth-order valence-electron chi connectivity index (χ4n) is 4.50. The number of rotatable bonds is 1. The van der Waals surface area contributed by atoms with Gasteiger partial charge in [-0.1, -0.05) is 0 Å². The third-order valence-electron chi connectivity index (χ3n) is 5.23. The molecule has 5 atom stereocenters. The first kappa shape index (κ1) is 8.97. The molecule has 4 aliphatic heterocycles. The fraction of sp³-hybridized carbons (Fsp3) is 1.00. The minimum Gasteiger partial charge on any atom is -0.311 e. The minimum absolute atomic E-state index is 0.317. The summed E-state index contributed by atoms with van der Waals surface area (Å²) in [6.45, 7) is 1.20. The Balaban J connectivity index is 1.61. The first-order valence-electron chi connectivity index (χ1n) is 6.64. The molecule has 5 unspecified atom stereocenters. The molecule has 4 heterocycles.